The van der Waals surface area contributed by atoms with Gasteiger partial charge in [-0.3, -0.25) is 39.9 Å². The molecule has 3 aromatic rings. The first-order chi connectivity index (χ1) is 27.0. The van der Waals surface area contributed by atoms with Crippen molar-refractivity contribution in [2.75, 3.05) is 0 Å². The van der Waals surface area contributed by atoms with E-state index >= 15 is 0 Å². The largest absolute Gasteiger partial charge is 0.480 e. The van der Waals surface area contributed by atoms with Crippen molar-refractivity contribution in [2.45, 2.75) is 102 Å². The van der Waals surface area contributed by atoms with Gasteiger partial charge in [-0.05, 0) is 51.2 Å². The van der Waals surface area contributed by atoms with Gasteiger partial charge in [0.1, 0.15) is 23.7 Å². The summed E-state index contributed by atoms with van der Waals surface area (Å²) < 4.78 is 5.10. The number of carboxylic acid groups (broad SMARTS) is 3. The van der Waals surface area contributed by atoms with Crippen molar-refractivity contribution >= 4 is 41.1 Å². The maximum Gasteiger partial charge on any atom is 0.408 e. The molecule has 0 aromatic heterocycles. The second kappa shape index (κ2) is 22.9. The molecule has 3 aromatic carbocycles. The van der Waals surface area contributed by atoms with Crippen LogP contribution >= 0.6 is 0 Å². The molecule has 0 radical (unpaired) electrons. The first kappa shape index (κ1) is 49.5. The van der Waals surface area contributed by atoms with Crippen LogP contribution in [0.4, 0.5) is 21.9 Å². The van der Waals surface area contributed by atoms with Crippen LogP contribution in [0.2, 0.25) is 0 Å². The lowest BCUT2D eigenvalue weighted by Crippen LogP contribution is -2.46. The molecule has 0 fully saturated rings. The molecule has 0 saturated carbocycles. The molecule has 0 heterocycles. The van der Waals surface area contributed by atoms with Crippen molar-refractivity contribution in [1.29, 1.82) is 0 Å². The van der Waals surface area contributed by atoms with Gasteiger partial charge in [0.25, 0.3) is 17.1 Å². The third-order valence-electron chi connectivity index (χ3n) is 8.69. The summed E-state index contributed by atoms with van der Waals surface area (Å²) in [6.45, 7) is 10.4. The fraction of sp³-hybridized carbons (Fsp3) is 0.421. The van der Waals surface area contributed by atoms with Gasteiger partial charge in [-0.15, -0.1) is 0 Å². The number of nitrogens with two attached hydrogens (primary N) is 2. The third kappa shape index (κ3) is 15.2. The molecule has 0 aliphatic rings. The van der Waals surface area contributed by atoms with Crippen LogP contribution in [0.15, 0.2) is 72.8 Å². The molecule has 0 unspecified atom stereocenters. The SMILES string of the molecule is CC[C@@H](c1ccc([N+](=O)[O-])cc1)[C@@H](N)C(=O)O.CC[C@@H](c1ccc([N+](=O)[O-])cc1)[C@@H](NC(=O)OC(C)(C)C)C(=O)O.CC[C@@H](c1ccccc1[N+](=O)[O-])[C@@H](N)C(=O)O. The minimum atomic E-state index is -1.20. The Morgan fingerprint density at radius 1 is 0.638 bits per heavy atom. The van der Waals surface area contributed by atoms with Crippen molar-refractivity contribution in [1.82, 2.24) is 5.32 Å². The number of ether oxygens (including phenoxy) is 1. The van der Waals surface area contributed by atoms with E-state index in [1.807, 2.05) is 6.92 Å². The lowest BCUT2D eigenvalue weighted by atomic mass is 9.88. The van der Waals surface area contributed by atoms with Crippen molar-refractivity contribution in [3.8, 4) is 0 Å². The molecular formula is C38H50N6O14. The zero-order valence-corrected chi connectivity index (χ0v) is 32.8. The summed E-state index contributed by atoms with van der Waals surface area (Å²) in [5.41, 5.74) is 11.8. The van der Waals surface area contributed by atoms with E-state index in [9.17, 15) is 54.6 Å². The average Bonchev–Trinajstić information content (AvgIpc) is 3.15. The molecule has 20 heteroatoms. The number of hydrogen-bond acceptors (Lipinski definition) is 13. The fourth-order valence-electron chi connectivity index (χ4n) is 5.80. The Labute approximate surface area is 333 Å². The second-order valence-electron chi connectivity index (χ2n) is 13.7. The van der Waals surface area contributed by atoms with E-state index in [-0.39, 0.29) is 23.0 Å². The highest BCUT2D eigenvalue weighted by Crippen LogP contribution is 2.31. The number of carbonyl (C=O) groups excluding carboxylic acids is 1. The van der Waals surface area contributed by atoms with E-state index in [1.165, 1.54) is 42.5 Å². The van der Waals surface area contributed by atoms with E-state index in [2.05, 4.69) is 5.32 Å². The van der Waals surface area contributed by atoms with Crippen LogP contribution in [0, 0.1) is 30.3 Å². The predicted octanol–water partition coefficient (Wildman–Crippen LogP) is 6.07. The van der Waals surface area contributed by atoms with Gasteiger partial charge in [0.05, 0.1) is 14.8 Å². The zero-order chi connectivity index (χ0) is 44.5. The number of aliphatic carboxylic acids is 3. The monoisotopic (exact) mass is 814 g/mol. The van der Waals surface area contributed by atoms with E-state index in [0.717, 1.165) is 0 Å². The highest BCUT2D eigenvalue weighted by atomic mass is 16.6. The van der Waals surface area contributed by atoms with Crippen LogP contribution in [-0.2, 0) is 19.1 Å². The zero-order valence-electron chi connectivity index (χ0n) is 32.8. The Morgan fingerprint density at radius 3 is 1.38 bits per heavy atom. The van der Waals surface area contributed by atoms with Crippen LogP contribution < -0.4 is 16.8 Å². The Bertz CT molecular complexity index is 1880. The lowest BCUT2D eigenvalue weighted by Gasteiger charge is -2.26. The topological polar surface area (TPSA) is 332 Å². The van der Waals surface area contributed by atoms with Gasteiger partial charge in [-0.2, -0.15) is 0 Å². The molecule has 316 valence electrons. The van der Waals surface area contributed by atoms with Crippen LogP contribution in [0.5, 0.6) is 0 Å². The summed E-state index contributed by atoms with van der Waals surface area (Å²) in [4.78, 5) is 75.6. The smallest absolute Gasteiger partial charge is 0.408 e. The maximum absolute atomic E-state index is 11.9. The first-order valence-electron chi connectivity index (χ1n) is 17.9. The lowest BCUT2D eigenvalue weighted by molar-refractivity contribution is -0.385. The van der Waals surface area contributed by atoms with Gasteiger partial charge in [0.2, 0.25) is 0 Å². The van der Waals surface area contributed by atoms with E-state index in [0.29, 0.717) is 36.0 Å². The number of carboxylic acids is 3. The number of rotatable bonds is 16. The number of amides is 1. The molecule has 58 heavy (non-hydrogen) atoms. The molecule has 3 rings (SSSR count). The minimum absolute atomic E-state index is 0.0208. The number of nitrogens with one attached hydrogen (secondary N) is 1. The standard InChI is InChI=1S/C16H22N2O6.2C11H14N2O4/c1-5-12(10-6-8-11(9-7-10)18(22)23)13(14(19)20)17-15(21)24-16(2,3)4;1-2-9(10(12)11(14)15)7-3-5-8(6-4-7)13(16)17;1-2-7(10(12)11(14)15)8-5-3-4-6-9(8)13(16)17/h6-9,12-13H,5H2,1-4H3,(H,17,21)(H,19,20);3-6,9-10H,2,12H2,1H3,(H,14,15);3-7,10H,2,12H2,1H3,(H,14,15)/t12-,13+;9-,10+;7-,10+/m000/s1. The molecule has 0 spiro atoms. The van der Waals surface area contributed by atoms with E-state index < -0.39 is 74.3 Å². The number of non-ortho nitro benzene ring substituents is 2. The molecule has 6 atom stereocenters. The first-order valence-corrected chi connectivity index (χ1v) is 17.9. The Morgan fingerprint density at radius 2 is 1.03 bits per heavy atom. The number of alkyl carbamates (subject to hydrolysis) is 1. The summed E-state index contributed by atoms with van der Waals surface area (Å²) >= 11 is 0. The second-order valence-corrected chi connectivity index (χ2v) is 13.7. The van der Waals surface area contributed by atoms with Gasteiger partial charge in [-0.25, -0.2) is 9.59 Å². The minimum Gasteiger partial charge on any atom is -0.480 e. The quantitative estimate of drug-likeness (QED) is 0.0706. The Balaban J connectivity index is 0.000000445. The van der Waals surface area contributed by atoms with Crippen molar-refractivity contribution in [2.24, 2.45) is 11.5 Å². The molecule has 0 bridgehead atoms. The number of nitrogens with zero attached hydrogens (tertiary/aromatic N) is 3. The van der Waals surface area contributed by atoms with Gasteiger partial charge in [0.15, 0.2) is 0 Å². The molecular weight excluding hydrogens is 764 g/mol. The molecule has 8 N–H and O–H groups in total. The highest BCUT2D eigenvalue weighted by molar-refractivity contribution is 5.81. The Kier molecular flexibility index (Phi) is 19.5. The normalized spacial score (nSPS) is 13.9. The Hall–Kier alpha value is -6.54. The number of hydrogen-bond donors (Lipinski definition) is 6. The van der Waals surface area contributed by atoms with Crippen molar-refractivity contribution < 1.29 is 54.0 Å². The van der Waals surface area contributed by atoms with Crippen LogP contribution in [-0.4, -0.2) is 77.8 Å². The molecule has 0 aliphatic heterocycles. The number of para-hydroxylation sites is 1. The summed E-state index contributed by atoms with van der Waals surface area (Å²) in [7, 11) is 0. The van der Waals surface area contributed by atoms with Gasteiger partial charge < -0.3 is 36.8 Å². The molecule has 0 aliphatic carbocycles. The molecule has 20 nitrogen and oxygen atoms in total. The average molecular weight is 815 g/mol. The van der Waals surface area contributed by atoms with Crippen LogP contribution in [0.1, 0.15) is 95.2 Å². The fourth-order valence-corrected chi connectivity index (χ4v) is 5.80. The van der Waals surface area contributed by atoms with Crippen LogP contribution in [0.25, 0.3) is 0 Å². The van der Waals surface area contributed by atoms with E-state index in [1.54, 1.807) is 65.0 Å². The molecule has 0 saturated heterocycles. The van der Waals surface area contributed by atoms with Gasteiger partial charge in [0, 0.05) is 53.6 Å². The summed E-state index contributed by atoms with van der Waals surface area (Å²) in [5.74, 6) is -4.88. The van der Waals surface area contributed by atoms with Gasteiger partial charge >= 0.3 is 24.0 Å². The third-order valence-corrected chi connectivity index (χ3v) is 8.69. The predicted molar refractivity (Wildman–Crippen MR) is 210 cm³/mol. The maximum atomic E-state index is 11.9. The number of nitro benzene ring substituents is 3. The number of benzene rings is 3. The number of nitro groups is 3. The van der Waals surface area contributed by atoms with Gasteiger partial charge in [-0.1, -0.05) is 63.2 Å². The van der Waals surface area contributed by atoms with Crippen molar-refractivity contribution in [3.05, 3.63) is 120 Å². The summed E-state index contributed by atoms with van der Waals surface area (Å²) in [6.07, 6.45) is 0.587. The van der Waals surface area contributed by atoms with Crippen molar-refractivity contribution in [3.63, 3.8) is 0 Å². The highest BCUT2D eigenvalue weighted by Gasteiger charge is 2.32. The van der Waals surface area contributed by atoms with E-state index in [4.69, 9.17) is 26.4 Å². The summed E-state index contributed by atoms with van der Waals surface area (Å²) in [5, 5.41) is 61.6. The van der Waals surface area contributed by atoms with Crippen LogP contribution in [0.3, 0.4) is 0 Å². The number of carbonyl (C=O) groups is 4. The molecule has 1 amide bonds. The summed E-state index contributed by atoms with van der Waals surface area (Å²) in [6, 6.07) is 14.2.